The van der Waals surface area contributed by atoms with Crippen molar-refractivity contribution in [2.45, 2.75) is 13.0 Å². The molecule has 6 nitrogen and oxygen atoms in total. The largest absolute Gasteiger partial charge is 0.472 e. The Balaban J connectivity index is 1.73. The Morgan fingerprint density at radius 2 is 2.00 bits per heavy atom. The molecule has 0 saturated heterocycles. The van der Waals surface area contributed by atoms with Crippen molar-refractivity contribution < 1.29 is 18.4 Å². The van der Waals surface area contributed by atoms with Gasteiger partial charge in [0.25, 0.3) is 5.89 Å². The molecule has 106 valence electrons. The van der Waals surface area contributed by atoms with Gasteiger partial charge in [0.1, 0.15) is 6.26 Å². The van der Waals surface area contributed by atoms with Crippen LogP contribution in [0, 0.1) is 0 Å². The monoisotopic (exact) mass is 284 g/mol. The highest BCUT2D eigenvalue weighted by atomic mass is 16.6. The van der Waals surface area contributed by atoms with Gasteiger partial charge in [-0.05, 0) is 25.1 Å². The van der Waals surface area contributed by atoms with E-state index in [0.717, 1.165) is 5.56 Å². The lowest BCUT2D eigenvalue weighted by atomic mass is 10.2. The summed E-state index contributed by atoms with van der Waals surface area (Å²) in [6, 6.07) is 10.9. The van der Waals surface area contributed by atoms with E-state index in [1.807, 2.05) is 30.3 Å². The second-order valence-corrected chi connectivity index (χ2v) is 4.37. The maximum Gasteiger partial charge on any atom is 0.342 e. The predicted molar refractivity (Wildman–Crippen MR) is 72.3 cm³/mol. The lowest BCUT2D eigenvalue weighted by molar-refractivity contribution is 0.0279. The molecule has 2 heterocycles. The lowest BCUT2D eigenvalue weighted by Crippen LogP contribution is -2.08. The number of hydrogen-bond acceptors (Lipinski definition) is 6. The van der Waals surface area contributed by atoms with Crippen LogP contribution in [0.15, 0.2) is 57.8 Å². The minimum atomic E-state index is -0.641. The number of hydrogen-bond donors (Lipinski definition) is 0. The van der Waals surface area contributed by atoms with Gasteiger partial charge in [0, 0.05) is 5.56 Å². The van der Waals surface area contributed by atoms with Crippen LogP contribution in [0.5, 0.6) is 0 Å². The average molecular weight is 284 g/mol. The van der Waals surface area contributed by atoms with Gasteiger partial charge < -0.3 is 13.6 Å². The third kappa shape index (κ3) is 2.84. The fourth-order valence-electron chi connectivity index (χ4n) is 1.76. The topological polar surface area (TPSA) is 78.4 Å². The minimum absolute atomic E-state index is 0.241. The first-order valence-electron chi connectivity index (χ1n) is 6.36. The van der Waals surface area contributed by atoms with Gasteiger partial charge in [-0.3, -0.25) is 0 Å². The molecule has 0 spiro atoms. The molecule has 0 fully saturated rings. The third-order valence-corrected chi connectivity index (χ3v) is 2.85. The number of benzene rings is 1. The summed E-state index contributed by atoms with van der Waals surface area (Å²) in [7, 11) is 0. The highest BCUT2D eigenvalue weighted by Crippen LogP contribution is 2.22. The van der Waals surface area contributed by atoms with E-state index < -0.39 is 12.1 Å². The van der Waals surface area contributed by atoms with Crippen LogP contribution in [0.4, 0.5) is 0 Å². The third-order valence-electron chi connectivity index (χ3n) is 2.85. The maximum absolute atomic E-state index is 11.8. The van der Waals surface area contributed by atoms with Crippen LogP contribution < -0.4 is 0 Å². The van der Waals surface area contributed by atoms with E-state index in [1.165, 1.54) is 18.6 Å². The van der Waals surface area contributed by atoms with Crippen LogP contribution in [0.1, 0.15) is 29.3 Å². The average Bonchev–Trinajstić information content (AvgIpc) is 3.20. The summed E-state index contributed by atoms with van der Waals surface area (Å²) in [5, 5.41) is 7.86. The van der Waals surface area contributed by atoms with E-state index in [2.05, 4.69) is 10.2 Å². The van der Waals surface area contributed by atoms with Gasteiger partial charge in [0.2, 0.25) is 5.89 Å². The summed E-state index contributed by atoms with van der Waals surface area (Å²) < 4.78 is 15.6. The van der Waals surface area contributed by atoms with E-state index in [4.69, 9.17) is 13.6 Å². The van der Waals surface area contributed by atoms with E-state index in [0.29, 0.717) is 11.5 Å². The first-order valence-corrected chi connectivity index (χ1v) is 6.36. The van der Waals surface area contributed by atoms with E-state index in [1.54, 1.807) is 6.92 Å². The fraction of sp³-hybridized carbons (Fsp3) is 0.133. The van der Waals surface area contributed by atoms with Crippen molar-refractivity contribution in [1.29, 1.82) is 0 Å². The number of furan rings is 1. The number of esters is 1. The molecule has 1 aromatic carbocycles. The highest BCUT2D eigenvalue weighted by Gasteiger charge is 2.20. The smallest absolute Gasteiger partial charge is 0.342 e. The van der Waals surface area contributed by atoms with Gasteiger partial charge >= 0.3 is 5.97 Å². The first-order chi connectivity index (χ1) is 10.2. The molecule has 0 N–H and O–H groups in total. The van der Waals surface area contributed by atoms with Crippen molar-refractivity contribution in [3.05, 3.63) is 60.4 Å². The van der Waals surface area contributed by atoms with Crippen molar-refractivity contribution in [3.63, 3.8) is 0 Å². The molecular formula is C15H12N2O4. The SMILES string of the molecule is CC(OC(=O)c1ccoc1)c1nnc(-c2ccccc2)o1. The molecule has 0 aliphatic heterocycles. The van der Waals surface area contributed by atoms with Crippen molar-refractivity contribution in [1.82, 2.24) is 10.2 Å². The Labute approximate surface area is 120 Å². The van der Waals surface area contributed by atoms with Crippen LogP contribution in [0.2, 0.25) is 0 Å². The van der Waals surface area contributed by atoms with Gasteiger partial charge in [-0.25, -0.2) is 4.79 Å². The van der Waals surface area contributed by atoms with E-state index in [-0.39, 0.29) is 5.89 Å². The molecule has 0 saturated carbocycles. The molecule has 21 heavy (non-hydrogen) atoms. The minimum Gasteiger partial charge on any atom is -0.472 e. The van der Waals surface area contributed by atoms with Crippen LogP contribution >= 0.6 is 0 Å². The zero-order valence-electron chi connectivity index (χ0n) is 11.2. The summed E-state index contributed by atoms with van der Waals surface area (Å²) >= 11 is 0. The molecule has 1 unspecified atom stereocenters. The van der Waals surface area contributed by atoms with E-state index >= 15 is 0 Å². The normalized spacial score (nSPS) is 12.0. The zero-order chi connectivity index (χ0) is 14.7. The second-order valence-electron chi connectivity index (χ2n) is 4.37. The van der Waals surface area contributed by atoms with E-state index in [9.17, 15) is 4.79 Å². The molecular weight excluding hydrogens is 272 g/mol. The molecule has 0 radical (unpaired) electrons. The van der Waals surface area contributed by atoms with Crippen LogP contribution in [-0.2, 0) is 4.74 Å². The van der Waals surface area contributed by atoms with Gasteiger partial charge in [-0.1, -0.05) is 18.2 Å². The van der Waals surface area contributed by atoms with Gasteiger partial charge in [0.05, 0.1) is 11.8 Å². The number of nitrogens with zero attached hydrogens (tertiary/aromatic N) is 2. The zero-order valence-corrected chi connectivity index (χ0v) is 11.2. The Morgan fingerprint density at radius 3 is 2.71 bits per heavy atom. The standard InChI is InChI=1S/C15H12N2O4/c1-10(20-15(18)12-7-8-19-9-12)13-16-17-14(21-13)11-5-3-2-4-6-11/h2-10H,1H3. The summed E-state index contributed by atoms with van der Waals surface area (Å²) in [5.74, 6) is 0.123. The Bertz CT molecular complexity index is 719. The molecule has 6 heteroatoms. The van der Waals surface area contributed by atoms with Crippen LogP contribution in [-0.4, -0.2) is 16.2 Å². The molecule has 2 aromatic heterocycles. The molecule has 0 bridgehead atoms. The predicted octanol–water partition coefficient (Wildman–Crippen LogP) is 3.25. The number of carbonyl (C=O) groups excluding carboxylic acids is 1. The van der Waals surface area contributed by atoms with Crippen molar-refractivity contribution in [2.24, 2.45) is 0 Å². The summed E-state index contributed by atoms with van der Waals surface area (Å²) in [6.07, 6.45) is 2.08. The second kappa shape index (κ2) is 5.62. The van der Waals surface area contributed by atoms with Gasteiger partial charge in [0.15, 0.2) is 6.10 Å². The van der Waals surface area contributed by atoms with Gasteiger partial charge in [-0.15, -0.1) is 10.2 Å². The number of ether oxygens (including phenoxy) is 1. The van der Waals surface area contributed by atoms with Crippen molar-refractivity contribution >= 4 is 5.97 Å². The molecule has 1 atom stereocenters. The Morgan fingerprint density at radius 1 is 1.19 bits per heavy atom. The highest BCUT2D eigenvalue weighted by molar-refractivity contribution is 5.88. The summed E-state index contributed by atoms with van der Waals surface area (Å²) in [6.45, 7) is 1.67. The molecule has 0 aliphatic rings. The summed E-state index contributed by atoms with van der Waals surface area (Å²) in [4.78, 5) is 11.8. The maximum atomic E-state index is 11.8. The van der Waals surface area contributed by atoms with Crippen molar-refractivity contribution in [3.8, 4) is 11.5 Å². The van der Waals surface area contributed by atoms with Crippen LogP contribution in [0.3, 0.4) is 0 Å². The molecule has 0 aliphatic carbocycles. The van der Waals surface area contributed by atoms with Crippen molar-refractivity contribution in [2.75, 3.05) is 0 Å². The number of carbonyl (C=O) groups is 1. The lowest BCUT2D eigenvalue weighted by Gasteiger charge is -2.07. The Kier molecular flexibility index (Phi) is 3.51. The number of rotatable bonds is 4. The first kappa shape index (κ1) is 13.1. The fourth-order valence-corrected chi connectivity index (χ4v) is 1.76. The molecule has 3 aromatic rings. The molecule has 0 amide bonds. The van der Waals surface area contributed by atoms with Crippen LogP contribution in [0.25, 0.3) is 11.5 Å². The van der Waals surface area contributed by atoms with Gasteiger partial charge in [-0.2, -0.15) is 0 Å². The Hall–Kier alpha value is -2.89. The molecule has 3 rings (SSSR count). The summed E-state index contributed by atoms with van der Waals surface area (Å²) in [5.41, 5.74) is 1.15. The number of aromatic nitrogens is 2. The quantitative estimate of drug-likeness (QED) is 0.684.